The molecule has 0 amide bonds. The zero-order valence-corrected chi connectivity index (χ0v) is 18.4. The van der Waals surface area contributed by atoms with Gasteiger partial charge in [0.1, 0.15) is 0 Å². The van der Waals surface area contributed by atoms with Gasteiger partial charge in [-0.05, 0) is 111 Å². The van der Waals surface area contributed by atoms with Crippen LogP contribution in [-0.4, -0.2) is 11.2 Å². The maximum Gasteiger partial charge on any atom is 0.0543 e. The van der Waals surface area contributed by atoms with Crippen molar-refractivity contribution in [3.8, 4) is 0 Å². The highest BCUT2D eigenvalue weighted by Gasteiger charge is 2.60. The van der Waals surface area contributed by atoms with E-state index in [1.807, 2.05) is 0 Å². The fourth-order valence-corrected chi connectivity index (χ4v) is 8.75. The van der Waals surface area contributed by atoms with E-state index in [0.717, 1.165) is 48.3 Å². The highest BCUT2D eigenvalue weighted by atomic mass is 16.3. The van der Waals surface area contributed by atoms with Crippen LogP contribution in [0.15, 0.2) is 12.2 Å². The molecule has 27 heavy (non-hydrogen) atoms. The molecule has 4 saturated carbocycles. The summed E-state index contributed by atoms with van der Waals surface area (Å²) >= 11 is 0. The summed E-state index contributed by atoms with van der Waals surface area (Å²) in [6.45, 7) is 10.1. The smallest absolute Gasteiger partial charge is 0.0543 e. The van der Waals surface area contributed by atoms with Gasteiger partial charge in [0, 0.05) is 0 Å². The van der Waals surface area contributed by atoms with Crippen molar-refractivity contribution >= 4 is 0 Å². The minimum Gasteiger partial charge on any atom is -0.393 e. The lowest BCUT2D eigenvalue weighted by atomic mass is 9.44. The molecule has 4 rings (SSSR count). The van der Waals surface area contributed by atoms with Crippen LogP contribution in [0.4, 0.5) is 0 Å². The van der Waals surface area contributed by atoms with Crippen molar-refractivity contribution in [2.75, 3.05) is 0 Å². The Bertz CT molecular complexity index is 552. The Labute approximate surface area is 168 Å². The summed E-state index contributed by atoms with van der Waals surface area (Å²) in [5.74, 6) is 5.31. The summed E-state index contributed by atoms with van der Waals surface area (Å²) in [5.41, 5.74) is 1.10. The third kappa shape index (κ3) is 3.24. The summed E-state index contributed by atoms with van der Waals surface area (Å²) in [4.78, 5) is 0. The van der Waals surface area contributed by atoms with Crippen molar-refractivity contribution in [1.29, 1.82) is 0 Å². The van der Waals surface area contributed by atoms with Gasteiger partial charge < -0.3 is 5.11 Å². The van der Waals surface area contributed by atoms with E-state index in [2.05, 4.69) is 39.8 Å². The van der Waals surface area contributed by atoms with E-state index in [1.54, 1.807) is 0 Å². The Hall–Kier alpha value is -0.300. The van der Waals surface area contributed by atoms with Gasteiger partial charge in [0.25, 0.3) is 0 Å². The van der Waals surface area contributed by atoms with Gasteiger partial charge in [0.2, 0.25) is 0 Å². The topological polar surface area (TPSA) is 20.2 Å². The average molecular weight is 373 g/mol. The van der Waals surface area contributed by atoms with Crippen LogP contribution < -0.4 is 0 Å². The number of unbranched alkanes of at least 4 members (excludes halogenated alkanes) is 1. The molecule has 4 aliphatic rings. The van der Waals surface area contributed by atoms with Crippen LogP contribution in [0.5, 0.6) is 0 Å². The number of hydrogen-bond acceptors (Lipinski definition) is 1. The Morgan fingerprint density at radius 3 is 2.48 bits per heavy atom. The second kappa shape index (κ2) is 7.51. The van der Waals surface area contributed by atoms with Gasteiger partial charge in [-0.3, -0.25) is 0 Å². The van der Waals surface area contributed by atoms with Crippen LogP contribution in [0.2, 0.25) is 0 Å². The Morgan fingerprint density at radius 2 is 1.70 bits per heavy atom. The fraction of sp³-hybridized carbons (Fsp3) is 0.923. The molecular formula is C26H44O. The van der Waals surface area contributed by atoms with Crippen molar-refractivity contribution in [2.24, 2.45) is 46.3 Å². The monoisotopic (exact) mass is 372 g/mol. The first-order chi connectivity index (χ1) is 12.9. The van der Waals surface area contributed by atoms with Crippen LogP contribution in [0.1, 0.15) is 98.3 Å². The third-order valence-electron chi connectivity index (χ3n) is 10.2. The summed E-state index contributed by atoms with van der Waals surface area (Å²) in [6.07, 6.45) is 19.6. The first-order valence-corrected chi connectivity index (χ1v) is 12.2. The molecule has 0 radical (unpaired) electrons. The maximum atomic E-state index is 10.2. The lowest BCUT2D eigenvalue weighted by molar-refractivity contribution is -0.128. The largest absolute Gasteiger partial charge is 0.393 e. The van der Waals surface area contributed by atoms with Gasteiger partial charge in [-0.25, -0.2) is 0 Å². The molecule has 0 aromatic rings. The SMILES string of the molecule is CCC/C=C/[C@@H](C)[C@H]1CC[C@H]2[C@@H]3CC[C@H]4C[C@@H](O)CC[C@]4(C)[C@H]3CC[C@]12C. The second-order valence-electron chi connectivity index (χ2n) is 11.4. The normalized spacial score (nSPS) is 50.9. The van der Waals surface area contributed by atoms with E-state index < -0.39 is 0 Å². The number of aliphatic hydroxyl groups excluding tert-OH is 1. The number of hydrogen-bond donors (Lipinski definition) is 1. The van der Waals surface area contributed by atoms with Crippen LogP contribution in [0.25, 0.3) is 0 Å². The molecule has 0 aromatic heterocycles. The molecule has 0 unspecified atom stereocenters. The lowest BCUT2D eigenvalue weighted by Crippen LogP contribution is -2.54. The molecule has 4 aliphatic carbocycles. The molecule has 0 heterocycles. The van der Waals surface area contributed by atoms with E-state index in [-0.39, 0.29) is 6.10 Å². The number of rotatable bonds is 4. The van der Waals surface area contributed by atoms with Crippen LogP contribution in [0, 0.1) is 46.3 Å². The molecule has 1 nitrogen and oxygen atoms in total. The Balaban J connectivity index is 1.52. The summed E-state index contributed by atoms with van der Waals surface area (Å²) < 4.78 is 0. The van der Waals surface area contributed by atoms with Crippen molar-refractivity contribution in [3.63, 3.8) is 0 Å². The predicted molar refractivity (Wildman–Crippen MR) is 114 cm³/mol. The van der Waals surface area contributed by atoms with Crippen molar-refractivity contribution in [3.05, 3.63) is 12.2 Å². The zero-order chi connectivity index (χ0) is 19.2. The molecule has 9 atom stereocenters. The van der Waals surface area contributed by atoms with Gasteiger partial charge in [0.05, 0.1) is 6.10 Å². The molecule has 1 heteroatoms. The zero-order valence-electron chi connectivity index (χ0n) is 18.4. The number of allylic oxidation sites excluding steroid dienone is 2. The van der Waals surface area contributed by atoms with Crippen LogP contribution in [-0.2, 0) is 0 Å². The minimum atomic E-state index is -0.0138. The average Bonchev–Trinajstić information content (AvgIpc) is 3.00. The maximum absolute atomic E-state index is 10.2. The van der Waals surface area contributed by atoms with E-state index in [4.69, 9.17) is 0 Å². The Morgan fingerprint density at radius 1 is 0.963 bits per heavy atom. The Kier molecular flexibility index (Phi) is 5.56. The van der Waals surface area contributed by atoms with E-state index >= 15 is 0 Å². The van der Waals surface area contributed by atoms with Crippen molar-refractivity contribution < 1.29 is 5.11 Å². The van der Waals surface area contributed by atoms with Gasteiger partial charge in [-0.1, -0.05) is 46.3 Å². The van der Waals surface area contributed by atoms with Crippen molar-refractivity contribution in [2.45, 2.75) is 104 Å². The van der Waals surface area contributed by atoms with Gasteiger partial charge in [0.15, 0.2) is 0 Å². The van der Waals surface area contributed by atoms with Gasteiger partial charge in [-0.15, -0.1) is 0 Å². The molecule has 0 bridgehead atoms. The van der Waals surface area contributed by atoms with Gasteiger partial charge in [-0.2, -0.15) is 0 Å². The van der Waals surface area contributed by atoms with Crippen LogP contribution >= 0.6 is 0 Å². The third-order valence-corrected chi connectivity index (χ3v) is 10.2. The molecule has 0 spiro atoms. The summed E-state index contributed by atoms with van der Waals surface area (Å²) in [5, 5.41) is 10.2. The molecule has 0 aliphatic heterocycles. The minimum absolute atomic E-state index is 0.0138. The molecule has 0 aromatic carbocycles. The highest BCUT2D eigenvalue weighted by molar-refractivity contribution is 5.11. The summed E-state index contributed by atoms with van der Waals surface area (Å²) in [6, 6.07) is 0. The highest BCUT2D eigenvalue weighted by Crippen LogP contribution is 2.68. The van der Waals surface area contributed by atoms with Gasteiger partial charge >= 0.3 is 0 Å². The molecule has 0 saturated heterocycles. The van der Waals surface area contributed by atoms with Crippen molar-refractivity contribution in [1.82, 2.24) is 0 Å². The molecule has 4 fully saturated rings. The molecular weight excluding hydrogens is 328 g/mol. The van der Waals surface area contributed by atoms with E-state index in [0.29, 0.717) is 10.8 Å². The number of aliphatic hydroxyl groups is 1. The van der Waals surface area contributed by atoms with E-state index in [1.165, 1.54) is 57.8 Å². The fourth-order valence-electron chi connectivity index (χ4n) is 8.75. The molecule has 1 N–H and O–H groups in total. The second-order valence-corrected chi connectivity index (χ2v) is 11.4. The number of fused-ring (bicyclic) bond motifs is 5. The first kappa shape index (κ1) is 20.0. The summed E-state index contributed by atoms with van der Waals surface area (Å²) in [7, 11) is 0. The first-order valence-electron chi connectivity index (χ1n) is 12.2. The van der Waals surface area contributed by atoms with Crippen LogP contribution in [0.3, 0.4) is 0 Å². The molecule has 154 valence electrons. The quantitative estimate of drug-likeness (QED) is 0.527. The lowest BCUT2D eigenvalue weighted by Gasteiger charge is -2.61. The standard InChI is InChI=1S/C26H44O/c1-5-6-7-8-18(2)22-11-12-23-21-10-9-19-17-20(27)13-15-25(19,3)24(21)14-16-26(22,23)4/h7-8,18-24,27H,5-6,9-17H2,1-4H3/b8-7+/t18-,19+,20+,21+,22-,23+,24+,25+,26-/m1/s1. The van der Waals surface area contributed by atoms with E-state index in [9.17, 15) is 5.11 Å². The predicted octanol–water partition coefficient (Wildman–Crippen LogP) is 7.00.